The van der Waals surface area contributed by atoms with Crippen molar-refractivity contribution in [3.05, 3.63) is 46.5 Å². The maximum atomic E-state index is 11.6. The molecule has 1 aromatic rings. The molecule has 4 nitrogen and oxygen atoms in total. The second-order valence-electron chi connectivity index (χ2n) is 3.58. The van der Waals surface area contributed by atoms with Gasteiger partial charge in [0.25, 0.3) is 0 Å². The highest BCUT2D eigenvalue weighted by molar-refractivity contribution is 8.02. The quantitative estimate of drug-likeness (QED) is 0.491. The van der Waals surface area contributed by atoms with Crippen LogP contribution in [0.15, 0.2) is 40.9 Å². The molecule has 0 spiro atoms. The maximum Gasteiger partial charge on any atom is 0.351 e. The number of hydrogen-bond donors (Lipinski definition) is 1. The molecule has 0 unspecified atom stereocenters. The fourth-order valence-corrected chi connectivity index (χ4v) is 1.98. The Hall–Kier alpha value is -1.93. The molecule has 0 aliphatic rings. The molecule has 0 heterocycles. The Balaban J connectivity index is 2.80. The summed E-state index contributed by atoms with van der Waals surface area (Å²) < 4.78 is 4.86. The molecule has 0 aromatic heterocycles. The van der Waals surface area contributed by atoms with E-state index in [0.717, 1.165) is 5.56 Å². The Labute approximate surface area is 117 Å². The molecule has 0 aliphatic carbocycles. The highest BCUT2D eigenvalue weighted by atomic mass is 32.2. The van der Waals surface area contributed by atoms with E-state index in [4.69, 9.17) is 10.00 Å². The zero-order chi connectivity index (χ0) is 14.1. The van der Waals surface area contributed by atoms with Crippen LogP contribution in [0, 0.1) is 11.3 Å². The van der Waals surface area contributed by atoms with Crippen molar-refractivity contribution in [1.29, 1.82) is 5.26 Å². The summed E-state index contributed by atoms with van der Waals surface area (Å²) in [4.78, 5) is 11.6. The van der Waals surface area contributed by atoms with Gasteiger partial charge in [0.1, 0.15) is 6.07 Å². The zero-order valence-corrected chi connectivity index (χ0v) is 11.8. The lowest BCUT2D eigenvalue weighted by Crippen LogP contribution is -2.17. The van der Waals surface area contributed by atoms with Crippen LogP contribution in [-0.4, -0.2) is 18.8 Å². The van der Waals surface area contributed by atoms with Crippen LogP contribution in [-0.2, 0) is 16.1 Å². The molecule has 0 saturated heterocycles. The number of carbonyl (C=O) groups is 1. The van der Waals surface area contributed by atoms with Gasteiger partial charge in [-0.15, -0.1) is 11.8 Å². The molecule has 5 heteroatoms. The first-order chi connectivity index (χ1) is 9.22. The van der Waals surface area contributed by atoms with Crippen LogP contribution in [0.25, 0.3) is 0 Å². The number of nitriles is 1. The van der Waals surface area contributed by atoms with E-state index in [1.807, 2.05) is 42.7 Å². The van der Waals surface area contributed by atoms with Crippen LogP contribution < -0.4 is 5.32 Å². The molecule has 0 saturated carbocycles. The van der Waals surface area contributed by atoms with E-state index in [0.29, 0.717) is 11.6 Å². The molecule has 0 amide bonds. The van der Waals surface area contributed by atoms with Crippen molar-refractivity contribution in [1.82, 2.24) is 5.32 Å². The van der Waals surface area contributed by atoms with Gasteiger partial charge in [-0.3, -0.25) is 0 Å². The Bertz CT molecular complexity index is 492. The van der Waals surface area contributed by atoms with Crippen LogP contribution in [0.3, 0.4) is 0 Å². The fraction of sp³-hybridized carbons (Fsp3) is 0.286. The van der Waals surface area contributed by atoms with Crippen LogP contribution in [0.5, 0.6) is 0 Å². The van der Waals surface area contributed by atoms with Gasteiger partial charge in [-0.2, -0.15) is 5.26 Å². The van der Waals surface area contributed by atoms with Crippen LogP contribution in [0.4, 0.5) is 0 Å². The van der Waals surface area contributed by atoms with Crippen molar-refractivity contribution < 1.29 is 9.53 Å². The SMILES string of the molecule is CCOC(=O)C(C#N)=C(NCc1ccccc1)SC. The summed E-state index contributed by atoms with van der Waals surface area (Å²) in [5.74, 6) is -0.588. The monoisotopic (exact) mass is 276 g/mol. The predicted octanol–water partition coefficient (Wildman–Crippen LogP) is 2.44. The van der Waals surface area contributed by atoms with E-state index >= 15 is 0 Å². The number of carbonyl (C=O) groups excluding carboxylic acids is 1. The minimum Gasteiger partial charge on any atom is -0.462 e. The summed E-state index contributed by atoms with van der Waals surface area (Å²) in [7, 11) is 0. The summed E-state index contributed by atoms with van der Waals surface area (Å²) in [5, 5.41) is 12.7. The first-order valence-electron chi connectivity index (χ1n) is 5.86. The van der Waals surface area contributed by atoms with E-state index < -0.39 is 5.97 Å². The van der Waals surface area contributed by atoms with Crippen molar-refractivity contribution in [3.63, 3.8) is 0 Å². The lowest BCUT2D eigenvalue weighted by Gasteiger charge is -2.10. The Morgan fingerprint density at radius 3 is 2.63 bits per heavy atom. The lowest BCUT2D eigenvalue weighted by molar-refractivity contribution is -0.138. The third-order valence-electron chi connectivity index (χ3n) is 2.32. The molecule has 0 aliphatic heterocycles. The van der Waals surface area contributed by atoms with Crippen molar-refractivity contribution in [3.8, 4) is 6.07 Å². The summed E-state index contributed by atoms with van der Waals surface area (Å²) >= 11 is 1.32. The molecule has 0 atom stereocenters. The van der Waals surface area contributed by atoms with Crippen molar-refractivity contribution in [2.45, 2.75) is 13.5 Å². The second kappa shape index (κ2) is 8.22. The Morgan fingerprint density at radius 2 is 2.11 bits per heavy atom. The predicted molar refractivity (Wildman–Crippen MR) is 76.1 cm³/mol. The number of esters is 1. The number of ether oxygens (including phenoxy) is 1. The largest absolute Gasteiger partial charge is 0.462 e. The number of benzene rings is 1. The van der Waals surface area contributed by atoms with E-state index in [1.165, 1.54) is 11.8 Å². The van der Waals surface area contributed by atoms with Gasteiger partial charge >= 0.3 is 5.97 Å². The van der Waals surface area contributed by atoms with E-state index in [2.05, 4.69) is 5.32 Å². The van der Waals surface area contributed by atoms with Gasteiger partial charge in [0.05, 0.1) is 11.6 Å². The Morgan fingerprint density at radius 1 is 1.42 bits per heavy atom. The minimum absolute atomic E-state index is 0.0188. The molecular weight excluding hydrogens is 260 g/mol. The van der Waals surface area contributed by atoms with Crippen molar-refractivity contribution >= 4 is 17.7 Å². The molecule has 1 N–H and O–H groups in total. The van der Waals surface area contributed by atoms with Gasteiger partial charge in [0.15, 0.2) is 5.57 Å². The number of thioether (sulfide) groups is 1. The average Bonchev–Trinajstić information content (AvgIpc) is 2.44. The highest BCUT2D eigenvalue weighted by Gasteiger charge is 2.16. The maximum absolute atomic E-state index is 11.6. The molecule has 19 heavy (non-hydrogen) atoms. The minimum atomic E-state index is -0.588. The van der Waals surface area contributed by atoms with E-state index in [1.54, 1.807) is 6.92 Å². The highest BCUT2D eigenvalue weighted by Crippen LogP contribution is 2.15. The summed E-state index contributed by atoms with van der Waals surface area (Å²) in [6.07, 6.45) is 1.81. The smallest absolute Gasteiger partial charge is 0.351 e. The van der Waals surface area contributed by atoms with E-state index in [-0.39, 0.29) is 12.2 Å². The molecular formula is C14H16N2O2S. The van der Waals surface area contributed by atoms with Crippen LogP contribution in [0.2, 0.25) is 0 Å². The van der Waals surface area contributed by atoms with E-state index in [9.17, 15) is 4.79 Å². The lowest BCUT2D eigenvalue weighted by atomic mass is 10.2. The normalized spacial score (nSPS) is 11.2. The van der Waals surface area contributed by atoms with Gasteiger partial charge in [-0.25, -0.2) is 4.79 Å². The molecule has 1 aromatic carbocycles. The average molecular weight is 276 g/mol. The molecule has 0 fully saturated rings. The first-order valence-corrected chi connectivity index (χ1v) is 7.08. The zero-order valence-electron chi connectivity index (χ0n) is 11.0. The van der Waals surface area contributed by atoms with Gasteiger partial charge in [-0.05, 0) is 18.7 Å². The van der Waals surface area contributed by atoms with Gasteiger partial charge in [0.2, 0.25) is 0 Å². The number of hydrogen-bond acceptors (Lipinski definition) is 5. The molecule has 0 bridgehead atoms. The number of nitrogens with zero attached hydrogens (tertiary/aromatic N) is 1. The molecule has 100 valence electrons. The topological polar surface area (TPSA) is 62.1 Å². The standard InChI is InChI=1S/C14H16N2O2S/c1-3-18-14(17)12(9-15)13(19-2)16-10-11-7-5-4-6-8-11/h4-8,16H,3,10H2,1-2H3. The molecule has 1 rings (SSSR count). The molecule has 0 radical (unpaired) electrons. The Kier molecular flexibility index (Phi) is 6.55. The van der Waals surface area contributed by atoms with Gasteiger partial charge < -0.3 is 10.1 Å². The fourth-order valence-electron chi connectivity index (χ4n) is 1.43. The number of nitrogens with one attached hydrogen (secondary N) is 1. The second-order valence-corrected chi connectivity index (χ2v) is 4.40. The van der Waals surface area contributed by atoms with Gasteiger partial charge in [-0.1, -0.05) is 30.3 Å². The third kappa shape index (κ3) is 4.68. The van der Waals surface area contributed by atoms with Gasteiger partial charge in [0, 0.05) is 6.54 Å². The number of rotatable bonds is 6. The van der Waals surface area contributed by atoms with Crippen molar-refractivity contribution in [2.75, 3.05) is 12.9 Å². The summed E-state index contributed by atoms with van der Waals surface area (Å²) in [5.41, 5.74) is 1.10. The van der Waals surface area contributed by atoms with Crippen LogP contribution >= 0.6 is 11.8 Å². The summed E-state index contributed by atoms with van der Waals surface area (Å²) in [6.45, 7) is 2.52. The van der Waals surface area contributed by atoms with Crippen LogP contribution in [0.1, 0.15) is 12.5 Å². The third-order valence-corrected chi connectivity index (χ3v) is 3.08. The summed E-state index contributed by atoms with van der Waals surface area (Å²) in [6, 6.07) is 11.7. The first kappa shape index (κ1) is 15.1. The van der Waals surface area contributed by atoms with Crippen molar-refractivity contribution in [2.24, 2.45) is 0 Å².